The van der Waals surface area contributed by atoms with E-state index in [9.17, 15) is 17.6 Å². The molecule has 0 radical (unpaired) electrons. The Morgan fingerprint density at radius 2 is 1.41 bits per heavy atom. The second-order valence-electron chi connectivity index (χ2n) is 8.66. The zero-order valence-corrected chi connectivity index (χ0v) is 17.3. The van der Waals surface area contributed by atoms with E-state index in [2.05, 4.69) is 13.8 Å². The molecule has 2 aromatic carbocycles. The first kappa shape index (κ1) is 21.9. The van der Waals surface area contributed by atoms with Crippen LogP contribution in [0.5, 0.6) is 0 Å². The Balaban J connectivity index is 1.62. The molecular weight excluding hydrogens is 376 g/mol. The van der Waals surface area contributed by atoms with Gasteiger partial charge >= 0.3 is 0 Å². The van der Waals surface area contributed by atoms with Crippen LogP contribution in [-0.4, -0.2) is 0 Å². The van der Waals surface area contributed by atoms with Crippen molar-refractivity contribution in [2.45, 2.75) is 65.2 Å². The zero-order chi connectivity index (χ0) is 21.0. The third kappa shape index (κ3) is 5.61. The number of benzene rings is 2. The molecule has 1 atom stereocenters. The standard InChI is InChI=1S/C25H30F4/c1-3-17-4-8-20(9-5-17)16(2)12-19-14-23(27)21(24(28)15-19)10-6-18-7-11-22(26)25(29)13-18/h7,11,13-17,20H,3-6,8-10,12H2,1-2H3. The minimum absolute atomic E-state index is 0.00888. The Morgan fingerprint density at radius 3 is 2.00 bits per heavy atom. The maximum atomic E-state index is 14.6. The van der Waals surface area contributed by atoms with Gasteiger partial charge in [0.1, 0.15) is 11.6 Å². The van der Waals surface area contributed by atoms with Gasteiger partial charge in [0.15, 0.2) is 11.6 Å². The van der Waals surface area contributed by atoms with E-state index < -0.39 is 23.3 Å². The van der Waals surface area contributed by atoms with Gasteiger partial charge in [-0.3, -0.25) is 0 Å². The van der Waals surface area contributed by atoms with Gasteiger partial charge in [0.25, 0.3) is 0 Å². The molecule has 1 aliphatic rings. The summed E-state index contributed by atoms with van der Waals surface area (Å²) in [7, 11) is 0. The fourth-order valence-corrected chi connectivity index (χ4v) is 4.68. The van der Waals surface area contributed by atoms with Gasteiger partial charge in [-0.05, 0) is 85.3 Å². The minimum Gasteiger partial charge on any atom is -0.207 e. The van der Waals surface area contributed by atoms with Crippen LogP contribution in [0.25, 0.3) is 0 Å². The molecule has 4 heteroatoms. The van der Waals surface area contributed by atoms with E-state index in [1.807, 2.05) is 0 Å². The van der Waals surface area contributed by atoms with Crippen molar-refractivity contribution in [3.05, 3.63) is 70.3 Å². The van der Waals surface area contributed by atoms with Crippen LogP contribution in [-0.2, 0) is 19.3 Å². The highest BCUT2D eigenvalue weighted by atomic mass is 19.2. The quantitative estimate of drug-likeness (QED) is 0.420. The third-order valence-corrected chi connectivity index (χ3v) is 6.68. The number of halogens is 4. The van der Waals surface area contributed by atoms with Crippen molar-refractivity contribution in [1.82, 2.24) is 0 Å². The molecule has 1 saturated carbocycles. The summed E-state index contributed by atoms with van der Waals surface area (Å²) in [5.74, 6) is -1.11. The summed E-state index contributed by atoms with van der Waals surface area (Å²) >= 11 is 0. The van der Waals surface area contributed by atoms with Crippen molar-refractivity contribution in [2.75, 3.05) is 0 Å². The van der Waals surface area contributed by atoms with Crippen molar-refractivity contribution < 1.29 is 17.6 Å². The summed E-state index contributed by atoms with van der Waals surface area (Å²) in [6.07, 6.45) is 7.21. The molecule has 0 bridgehead atoms. The Kier molecular flexibility index (Phi) is 7.37. The monoisotopic (exact) mass is 406 g/mol. The maximum Gasteiger partial charge on any atom is 0.159 e. The topological polar surface area (TPSA) is 0 Å². The van der Waals surface area contributed by atoms with Gasteiger partial charge in [0.2, 0.25) is 0 Å². The predicted molar refractivity (Wildman–Crippen MR) is 109 cm³/mol. The largest absolute Gasteiger partial charge is 0.207 e. The van der Waals surface area contributed by atoms with Crippen LogP contribution in [0.1, 0.15) is 62.6 Å². The molecule has 1 unspecified atom stereocenters. The molecule has 0 heterocycles. The van der Waals surface area contributed by atoms with Crippen LogP contribution in [0.15, 0.2) is 30.3 Å². The Bertz CT molecular complexity index is 799. The summed E-state index contributed by atoms with van der Waals surface area (Å²) in [5.41, 5.74) is 1.22. The smallest absolute Gasteiger partial charge is 0.159 e. The summed E-state index contributed by atoms with van der Waals surface area (Å²) in [6, 6.07) is 6.44. The lowest BCUT2D eigenvalue weighted by molar-refractivity contribution is 0.210. The molecule has 0 aliphatic heterocycles. The summed E-state index contributed by atoms with van der Waals surface area (Å²) in [5, 5.41) is 0. The second kappa shape index (κ2) is 9.77. The summed E-state index contributed by atoms with van der Waals surface area (Å²) in [4.78, 5) is 0. The van der Waals surface area contributed by atoms with Gasteiger partial charge in [0.05, 0.1) is 0 Å². The molecule has 1 aliphatic carbocycles. The first-order valence-electron chi connectivity index (χ1n) is 10.8. The molecule has 2 aromatic rings. The SMILES string of the molecule is CCC1CCC(C(C)Cc2cc(F)c(CCc3ccc(F)c(F)c3)c(F)c2)CC1. The van der Waals surface area contributed by atoms with E-state index in [0.717, 1.165) is 18.1 Å². The van der Waals surface area contributed by atoms with Crippen LogP contribution in [0.3, 0.4) is 0 Å². The van der Waals surface area contributed by atoms with Crippen molar-refractivity contribution in [1.29, 1.82) is 0 Å². The van der Waals surface area contributed by atoms with Crippen LogP contribution in [0.2, 0.25) is 0 Å². The predicted octanol–water partition coefficient (Wildman–Crippen LogP) is 7.42. The number of hydrogen-bond acceptors (Lipinski definition) is 0. The number of hydrogen-bond donors (Lipinski definition) is 0. The normalized spacial score (nSPS) is 20.6. The van der Waals surface area contributed by atoms with E-state index in [0.29, 0.717) is 29.4 Å². The summed E-state index contributed by atoms with van der Waals surface area (Å²) < 4.78 is 55.5. The molecule has 0 spiro atoms. The van der Waals surface area contributed by atoms with Crippen molar-refractivity contribution >= 4 is 0 Å². The molecule has 29 heavy (non-hydrogen) atoms. The highest BCUT2D eigenvalue weighted by molar-refractivity contribution is 5.28. The van der Waals surface area contributed by atoms with Gasteiger partial charge in [0, 0.05) is 5.56 Å². The van der Waals surface area contributed by atoms with Crippen molar-refractivity contribution in [3.63, 3.8) is 0 Å². The molecule has 0 amide bonds. The third-order valence-electron chi connectivity index (χ3n) is 6.68. The van der Waals surface area contributed by atoms with E-state index in [4.69, 9.17) is 0 Å². The Labute approximate surface area is 171 Å². The zero-order valence-electron chi connectivity index (χ0n) is 17.3. The molecule has 0 nitrogen and oxygen atoms in total. The first-order valence-corrected chi connectivity index (χ1v) is 10.8. The fraction of sp³-hybridized carbons (Fsp3) is 0.520. The van der Waals surface area contributed by atoms with E-state index in [-0.39, 0.29) is 18.4 Å². The second-order valence-corrected chi connectivity index (χ2v) is 8.66. The van der Waals surface area contributed by atoms with Gasteiger partial charge in [-0.2, -0.15) is 0 Å². The van der Waals surface area contributed by atoms with E-state index >= 15 is 0 Å². The van der Waals surface area contributed by atoms with Crippen LogP contribution in [0.4, 0.5) is 17.6 Å². The van der Waals surface area contributed by atoms with Crippen LogP contribution >= 0.6 is 0 Å². The minimum atomic E-state index is -0.944. The first-order chi connectivity index (χ1) is 13.9. The lowest BCUT2D eigenvalue weighted by Crippen LogP contribution is -2.21. The van der Waals surface area contributed by atoms with Crippen LogP contribution in [0, 0.1) is 41.0 Å². The van der Waals surface area contributed by atoms with Crippen LogP contribution < -0.4 is 0 Å². The molecule has 0 N–H and O–H groups in total. The molecule has 0 aromatic heterocycles. The molecule has 1 fully saturated rings. The molecule has 0 saturated heterocycles. The van der Waals surface area contributed by atoms with E-state index in [1.54, 1.807) is 0 Å². The number of aryl methyl sites for hydroxylation is 1. The molecule has 158 valence electrons. The average molecular weight is 407 g/mol. The summed E-state index contributed by atoms with van der Waals surface area (Å²) in [6.45, 7) is 4.43. The van der Waals surface area contributed by atoms with Gasteiger partial charge in [-0.15, -0.1) is 0 Å². The van der Waals surface area contributed by atoms with Gasteiger partial charge < -0.3 is 0 Å². The highest BCUT2D eigenvalue weighted by Gasteiger charge is 2.25. The molecular formula is C25H30F4. The lowest BCUT2D eigenvalue weighted by Gasteiger charge is -2.32. The maximum absolute atomic E-state index is 14.6. The fourth-order valence-electron chi connectivity index (χ4n) is 4.68. The highest BCUT2D eigenvalue weighted by Crippen LogP contribution is 2.36. The van der Waals surface area contributed by atoms with E-state index in [1.165, 1.54) is 50.3 Å². The lowest BCUT2D eigenvalue weighted by atomic mass is 9.74. The Morgan fingerprint density at radius 1 is 0.793 bits per heavy atom. The van der Waals surface area contributed by atoms with Crippen molar-refractivity contribution in [3.8, 4) is 0 Å². The number of rotatable bonds is 7. The Hall–Kier alpha value is -1.84. The van der Waals surface area contributed by atoms with Gasteiger partial charge in [-0.1, -0.05) is 39.2 Å². The average Bonchev–Trinajstić information content (AvgIpc) is 2.70. The molecule has 3 rings (SSSR count). The van der Waals surface area contributed by atoms with Crippen molar-refractivity contribution in [2.24, 2.45) is 17.8 Å². The van der Waals surface area contributed by atoms with Gasteiger partial charge in [-0.25, -0.2) is 17.6 Å².